The van der Waals surface area contributed by atoms with E-state index in [2.05, 4.69) is 42.0 Å². The Morgan fingerprint density at radius 1 is 1.02 bits per heavy atom. The summed E-state index contributed by atoms with van der Waals surface area (Å²) in [6.07, 6.45) is 3.51. The summed E-state index contributed by atoms with van der Waals surface area (Å²) in [5.74, 6) is -1.74. The van der Waals surface area contributed by atoms with Gasteiger partial charge in [0.2, 0.25) is 11.9 Å². The number of β-amino-alcohol motifs (C(OH)–C–C–N with tert-alkyl or cyclic N) is 1. The van der Waals surface area contributed by atoms with Gasteiger partial charge in [-0.25, -0.2) is 13.8 Å². The van der Waals surface area contributed by atoms with Crippen LogP contribution in [0.2, 0.25) is 0 Å². The minimum absolute atomic E-state index is 0.0263. The summed E-state index contributed by atoms with van der Waals surface area (Å²) < 4.78 is 30.8. The lowest BCUT2D eigenvalue weighted by molar-refractivity contribution is -0.111. The predicted octanol–water partition coefficient (Wildman–Crippen LogP) is 2.44. The van der Waals surface area contributed by atoms with Gasteiger partial charge in [0.15, 0.2) is 5.65 Å². The second kappa shape index (κ2) is 11.6. The maximum Gasteiger partial charge on any atom is 0.283 e. The second-order valence-electron chi connectivity index (χ2n) is 9.05. The third kappa shape index (κ3) is 5.65. The van der Waals surface area contributed by atoms with Gasteiger partial charge < -0.3 is 20.6 Å². The molecule has 3 N–H and O–H groups in total. The maximum absolute atomic E-state index is 15.1. The number of amides is 1. The van der Waals surface area contributed by atoms with E-state index >= 15 is 4.39 Å². The quantitative estimate of drug-likeness (QED) is 0.285. The molecule has 0 spiro atoms. The SMILES string of the molecule is C=CC(=O)Nc1cc(-n2cnc(=O)c3cnc(Nc4ccc(N5CCN(CCO)CC5)cc4F)nc32)ccc1F. The summed E-state index contributed by atoms with van der Waals surface area (Å²) in [5, 5.41) is 14.4. The number of aliphatic hydroxyl groups excluding tert-OH is 1. The van der Waals surface area contributed by atoms with Gasteiger partial charge in [-0.15, -0.1) is 0 Å². The average molecular weight is 549 g/mol. The maximum atomic E-state index is 15.1. The molecule has 13 heteroatoms. The van der Waals surface area contributed by atoms with Crippen LogP contribution < -0.4 is 21.1 Å². The molecule has 5 rings (SSSR count). The van der Waals surface area contributed by atoms with E-state index in [4.69, 9.17) is 5.11 Å². The number of hydrogen-bond donors (Lipinski definition) is 3. The van der Waals surface area contributed by atoms with E-state index < -0.39 is 23.1 Å². The molecule has 4 aromatic rings. The number of aromatic nitrogens is 4. The fourth-order valence-corrected chi connectivity index (χ4v) is 4.43. The molecular weight excluding hydrogens is 522 g/mol. The Morgan fingerprint density at radius 3 is 2.52 bits per heavy atom. The van der Waals surface area contributed by atoms with E-state index in [9.17, 15) is 14.0 Å². The van der Waals surface area contributed by atoms with Crippen molar-refractivity contribution >= 4 is 40.0 Å². The van der Waals surface area contributed by atoms with Crippen LogP contribution in [0, 0.1) is 11.6 Å². The van der Waals surface area contributed by atoms with Crippen LogP contribution in [0.1, 0.15) is 0 Å². The van der Waals surface area contributed by atoms with Crippen molar-refractivity contribution in [2.75, 3.05) is 54.9 Å². The zero-order valence-corrected chi connectivity index (χ0v) is 21.3. The van der Waals surface area contributed by atoms with Gasteiger partial charge in [0, 0.05) is 44.6 Å². The number of carbonyl (C=O) groups is 1. The Hall–Kier alpha value is -4.75. The van der Waals surface area contributed by atoms with E-state index in [0.29, 0.717) is 25.3 Å². The Labute approximate surface area is 227 Å². The molecule has 3 heterocycles. The largest absolute Gasteiger partial charge is 0.395 e. The van der Waals surface area contributed by atoms with Crippen LogP contribution in [0.4, 0.5) is 31.8 Å². The van der Waals surface area contributed by atoms with Gasteiger partial charge in [-0.3, -0.25) is 19.1 Å². The molecule has 1 fully saturated rings. The van der Waals surface area contributed by atoms with Crippen molar-refractivity contribution < 1.29 is 18.7 Å². The molecule has 11 nitrogen and oxygen atoms in total. The van der Waals surface area contributed by atoms with Crippen LogP contribution >= 0.6 is 0 Å². The molecule has 1 amide bonds. The standard InChI is InChI=1S/C27H26F2N8O3/c1-2-24(39)32-23-14-18(3-5-20(23)28)37-16-31-26(40)19-15-30-27(34-25(19)37)33-22-6-4-17(13-21(22)29)36-9-7-35(8-10-36)11-12-38/h2-6,13-16,38H,1,7-12H2,(H,32,39)(H,30,33,34). The lowest BCUT2D eigenvalue weighted by Crippen LogP contribution is -2.47. The summed E-state index contributed by atoms with van der Waals surface area (Å²) in [5.41, 5.74) is 0.705. The van der Waals surface area contributed by atoms with Crippen LogP contribution in [0.25, 0.3) is 16.7 Å². The van der Waals surface area contributed by atoms with Crippen molar-refractivity contribution in [1.29, 1.82) is 0 Å². The lowest BCUT2D eigenvalue weighted by atomic mass is 10.2. The molecular formula is C27H26F2N8O3. The van der Waals surface area contributed by atoms with E-state index in [-0.39, 0.29) is 35.0 Å². The highest BCUT2D eigenvalue weighted by Gasteiger charge is 2.18. The first-order chi connectivity index (χ1) is 19.4. The van der Waals surface area contributed by atoms with E-state index in [1.807, 2.05) is 0 Å². The number of nitrogens with one attached hydrogen (secondary N) is 2. The number of carbonyl (C=O) groups excluding carboxylic acids is 1. The second-order valence-corrected chi connectivity index (χ2v) is 9.05. The van der Waals surface area contributed by atoms with Gasteiger partial charge in [0.25, 0.3) is 5.56 Å². The zero-order chi connectivity index (χ0) is 28.2. The highest BCUT2D eigenvalue weighted by Crippen LogP contribution is 2.26. The summed E-state index contributed by atoms with van der Waals surface area (Å²) >= 11 is 0. The molecule has 1 aliphatic rings. The molecule has 206 valence electrons. The molecule has 0 bridgehead atoms. The first-order valence-electron chi connectivity index (χ1n) is 12.5. The first-order valence-corrected chi connectivity index (χ1v) is 12.5. The smallest absolute Gasteiger partial charge is 0.283 e. The molecule has 0 unspecified atom stereocenters. The monoisotopic (exact) mass is 548 g/mol. The van der Waals surface area contributed by atoms with Gasteiger partial charge in [-0.05, 0) is 42.5 Å². The minimum atomic E-state index is -0.666. The van der Waals surface area contributed by atoms with Crippen LogP contribution in [0.15, 0.2) is 66.4 Å². The van der Waals surface area contributed by atoms with Gasteiger partial charge in [-0.2, -0.15) is 9.97 Å². The molecule has 1 aliphatic heterocycles. The van der Waals surface area contributed by atoms with Gasteiger partial charge in [0.1, 0.15) is 23.3 Å². The van der Waals surface area contributed by atoms with Crippen LogP contribution in [0.5, 0.6) is 0 Å². The van der Waals surface area contributed by atoms with Crippen molar-refractivity contribution in [3.8, 4) is 5.69 Å². The number of benzene rings is 2. The third-order valence-electron chi connectivity index (χ3n) is 6.54. The summed E-state index contributed by atoms with van der Waals surface area (Å²) in [6, 6.07) is 8.77. The van der Waals surface area contributed by atoms with Crippen LogP contribution in [-0.2, 0) is 4.79 Å². The summed E-state index contributed by atoms with van der Waals surface area (Å²) in [7, 11) is 0. The van der Waals surface area contributed by atoms with E-state index in [1.165, 1.54) is 35.3 Å². The fraction of sp³-hybridized carbons (Fsp3) is 0.222. The molecule has 0 saturated carbocycles. The Bertz CT molecular complexity index is 1640. The Morgan fingerprint density at radius 2 is 1.80 bits per heavy atom. The lowest BCUT2D eigenvalue weighted by Gasteiger charge is -2.35. The number of anilines is 4. The summed E-state index contributed by atoms with van der Waals surface area (Å²) in [4.78, 5) is 40.7. The first kappa shape index (κ1) is 26.8. The van der Waals surface area contributed by atoms with Crippen molar-refractivity contribution in [1.82, 2.24) is 24.4 Å². The predicted molar refractivity (Wildman–Crippen MR) is 147 cm³/mol. The van der Waals surface area contributed by atoms with Gasteiger partial charge in [-0.1, -0.05) is 6.58 Å². The van der Waals surface area contributed by atoms with Crippen molar-refractivity contribution in [3.63, 3.8) is 0 Å². The third-order valence-corrected chi connectivity index (χ3v) is 6.54. The molecule has 0 radical (unpaired) electrons. The van der Waals surface area contributed by atoms with Gasteiger partial charge in [0.05, 0.1) is 23.7 Å². The molecule has 0 atom stereocenters. The number of aliphatic hydroxyl groups is 1. The number of piperazine rings is 1. The van der Waals surface area contributed by atoms with Crippen LogP contribution in [-0.4, -0.2) is 74.8 Å². The normalized spacial score (nSPS) is 13.8. The van der Waals surface area contributed by atoms with Crippen molar-refractivity contribution in [2.45, 2.75) is 0 Å². The number of nitrogens with zero attached hydrogens (tertiary/aromatic N) is 6. The topological polar surface area (TPSA) is 129 Å². The number of halogens is 2. The highest BCUT2D eigenvalue weighted by molar-refractivity contribution is 5.99. The number of rotatable bonds is 8. The Kier molecular flexibility index (Phi) is 7.75. The van der Waals surface area contributed by atoms with E-state index in [1.54, 1.807) is 12.1 Å². The summed E-state index contributed by atoms with van der Waals surface area (Å²) in [6.45, 7) is 7.07. The zero-order valence-electron chi connectivity index (χ0n) is 21.3. The van der Waals surface area contributed by atoms with E-state index in [0.717, 1.165) is 30.9 Å². The number of fused-ring (bicyclic) bond motifs is 1. The van der Waals surface area contributed by atoms with Crippen molar-refractivity contribution in [3.05, 3.63) is 83.6 Å². The highest BCUT2D eigenvalue weighted by atomic mass is 19.1. The molecule has 1 saturated heterocycles. The van der Waals surface area contributed by atoms with Gasteiger partial charge >= 0.3 is 0 Å². The molecule has 2 aromatic heterocycles. The molecule has 2 aromatic carbocycles. The number of hydrogen-bond acceptors (Lipinski definition) is 9. The molecule has 40 heavy (non-hydrogen) atoms. The average Bonchev–Trinajstić information content (AvgIpc) is 2.96. The van der Waals surface area contributed by atoms with Crippen molar-refractivity contribution in [2.24, 2.45) is 0 Å². The molecule has 0 aliphatic carbocycles. The minimum Gasteiger partial charge on any atom is -0.395 e. The Balaban J connectivity index is 1.42. The fourth-order valence-electron chi connectivity index (χ4n) is 4.43. The van der Waals surface area contributed by atoms with Crippen LogP contribution in [0.3, 0.4) is 0 Å².